The highest BCUT2D eigenvalue weighted by molar-refractivity contribution is 5.57. The topological polar surface area (TPSA) is 38.7 Å². The predicted molar refractivity (Wildman–Crippen MR) is 50.7 cm³/mol. The zero-order valence-electron chi connectivity index (χ0n) is 8.34. The number of hydrogen-bond donors (Lipinski definition) is 1. The van der Waals surface area contributed by atoms with Crippen LogP contribution in [0.15, 0.2) is 6.07 Å². The third-order valence-electron chi connectivity index (χ3n) is 2.13. The molecule has 0 bridgehead atoms. The summed E-state index contributed by atoms with van der Waals surface area (Å²) in [6, 6.07) is 1.66. The molecule has 0 radical (unpaired) electrons. The molecule has 0 atom stereocenters. The highest BCUT2D eigenvalue weighted by atomic mass is 16.5. The van der Waals surface area contributed by atoms with E-state index in [0.717, 1.165) is 11.1 Å². The van der Waals surface area contributed by atoms with Gasteiger partial charge in [-0.25, -0.2) is 0 Å². The Bertz CT molecular complexity index is 318. The zero-order valence-corrected chi connectivity index (χ0v) is 8.34. The molecule has 3 heteroatoms. The maximum atomic E-state index is 9.52. The van der Waals surface area contributed by atoms with E-state index >= 15 is 0 Å². The maximum Gasteiger partial charge on any atom is 0.203 e. The van der Waals surface area contributed by atoms with Crippen LogP contribution in [0.3, 0.4) is 0 Å². The van der Waals surface area contributed by atoms with Gasteiger partial charge in [-0.3, -0.25) is 0 Å². The first-order valence-electron chi connectivity index (χ1n) is 4.03. The highest BCUT2D eigenvalue weighted by Crippen LogP contribution is 2.40. The lowest BCUT2D eigenvalue weighted by Crippen LogP contribution is -1.95. The van der Waals surface area contributed by atoms with Crippen LogP contribution in [0.5, 0.6) is 17.2 Å². The van der Waals surface area contributed by atoms with Gasteiger partial charge in [0.05, 0.1) is 14.2 Å². The minimum Gasteiger partial charge on any atom is -0.504 e. The summed E-state index contributed by atoms with van der Waals surface area (Å²) >= 11 is 0. The molecule has 0 aliphatic rings. The SMILES string of the molecule is COc1c(O)cc(C)c(C)c1OC. The molecule has 1 aromatic carbocycles. The molecular formula is C10H14O3. The number of rotatable bonds is 2. The fourth-order valence-electron chi connectivity index (χ4n) is 1.29. The number of hydrogen-bond acceptors (Lipinski definition) is 3. The van der Waals surface area contributed by atoms with Gasteiger partial charge in [0.2, 0.25) is 5.75 Å². The molecule has 0 fully saturated rings. The average molecular weight is 182 g/mol. The summed E-state index contributed by atoms with van der Waals surface area (Å²) in [5.41, 5.74) is 1.97. The second kappa shape index (κ2) is 3.56. The van der Waals surface area contributed by atoms with E-state index in [9.17, 15) is 5.11 Å². The van der Waals surface area contributed by atoms with Crippen molar-refractivity contribution in [2.75, 3.05) is 14.2 Å². The van der Waals surface area contributed by atoms with E-state index in [2.05, 4.69) is 0 Å². The largest absolute Gasteiger partial charge is 0.504 e. The highest BCUT2D eigenvalue weighted by Gasteiger charge is 2.13. The quantitative estimate of drug-likeness (QED) is 0.760. The van der Waals surface area contributed by atoms with Gasteiger partial charge in [0, 0.05) is 0 Å². The van der Waals surface area contributed by atoms with Crippen molar-refractivity contribution in [2.45, 2.75) is 13.8 Å². The molecule has 0 heterocycles. The van der Waals surface area contributed by atoms with Crippen LogP contribution in [0.25, 0.3) is 0 Å². The zero-order chi connectivity index (χ0) is 10.0. The third kappa shape index (κ3) is 1.54. The van der Waals surface area contributed by atoms with Gasteiger partial charge in [-0.15, -0.1) is 0 Å². The molecule has 1 N–H and O–H groups in total. The Morgan fingerprint density at radius 3 is 2.08 bits per heavy atom. The van der Waals surface area contributed by atoms with Crippen LogP contribution in [0.4, 0.5) is 0 Å². The summed E-state index contributed by atoms with van der Waals surface area (Å²) in [6.07, 6.45) is 0. The molecule has 0 aliphatic carbocycles. The first kappa shape index (κ1) is 9.71. The average Bonchev–Trinajstić information content (AvgIpc) is 2.10. The predicted octanol–water partition coefficient (Wildman–Crippen LogP) is 2.03. The number of phenolic OH excluding ortho intramolecular Hbond substituents is 1. The summed E-state index contributed by atoms with van der Waals surface area (Å²) in [5.74, 6) is 1.10. The van der Waals surface area contributed by atoms with E-state index < -0.39 is 0 Å². The molecule has 0 spiro atoms. The van der Waals surface area contributed by atoms with Crippen molar-refractivity contribution < 1.29 is 14.6 Å². The minimum absolute atomic E-state index is 0.113. The minimum atomic E-state index is 0.113. The first-order chi connectivity index (χ1) is 6.11. The Morgan fingerprint density at radius 1 is 1.08 bits per heavy atom. The van der Waals surface area contributed by atoms with E-state index in [1.165, 1.54) is 7.11 Å². The summed E-state index contributed by atoms with van der Waals surface area (Å²) in [5, 5.41) is 9.52. The van der Waals surface area contributed by atoms with Crippen molar-refractivity contribution in [3.05, 3.63) is 17.2 Å². The van der Waals surface area contributed by atoms with Crippen molar-refractivity contribution in [3.8, 4) is 17.2 Å². The first-order valence-corrected chi connectivity index (χ1v) is 4.03. The Kier molecular flexibility index (Phi) is 2.66. The number of aryl methyl sites for hydroxylation is 1. The Balaban J connectivity index is 3.41. The molecule has 72 valence electrons. The Labute approximate surface area is 77.9 Å². The van der Waals surface area contributed by atoms with Gasteiger partial charge in [-0.2, -0.15) is 0 Å². The standard InChI is InChI=1S/C10H14O3/c1-6-5-8(11)10(13-4)9(12-3)7(6)2/h5,11H,1-4H3. The Hall–Kier alpha value is -1.38. The van der Waals surface area contributed by atoms with Crippen molar-refractivity contribution in [2.24, 2.45) is 0 Å². The summed E-state index contributed by atoms with van der Waals surface area (Å²) < 4.78 is 10.2. The van der Waals surface area contributed by atoms with E-state index in [0.29, 0.717) is 11.5 Å². The van der Waals surface area contributed by atoms with Gasteiger partial charge in [0.1, 0.15) is 0 Å². The summed E-state index contributed by atoms with van der Waals surface area (Å²) in [4.78, 5) is 0. The Morgan fingerprint density at radius 2 is 1.62 bits per heavy atom. The smallest absolute Gasteiger partial charge is 0.203 e. The van der Waals surface area contributed by atoms with Gasteiger partial charge >= 0.3 is 0 Å². The number of methoxy groups -OCH3 is 2. The number of aromatic hydroxyl groups is 1. The second-order valence-electron chi connectivity index (χ2n) is 2.90. The van der Waals surface area contributed by atoms with E-state index in [1.54, 1.807) is 13.2 Å². The molecule has 0 aliphatic heterocycles. The number of ether oxygens (including phenoxy) is 2. The lowest BCUT2D eigenvalue weighted by atomic mass is 10.1. The fraction of sp³-hybridized carbons (Fsp3) is 0.400. The van der Waals surface area contributed by atoms with Gasteiger partial charge in [-0.1, -0.05) is 0 Å². The lowest BCUT2D eigenvalue weighted by molar-refractivity contribution is 0.331. The maximum absolute atomic E-state index is 9.52. The third-order valence-corrected chi connectivity index (χ3v) is 2.13. The van der Waals surface area contributed by atoms with Crippen molar-refractivity contribution in [1.29, 1.82) is 0 Å². The normalized spacial score (nSPS) is 9.85. The fourth-order valence-corrected chi connectivity index (χ4v) is 1.29. The van der Waals surface area contributed by atoms with Crippen LogP contribution in [0.1, 0.15) is 11.1 Å². The van der Waals surface area contributed by atoms with Crippen molar-refractivity contribution in [1.82, 2.24) is 0 Å². The second-order valence-corrected chi connectivity index (χ2v) is 2.90. The van der Waals surface area contributed by atoms with E-state index in [1.807, 2.05) is 13.8 Å². The summed E-state index contributed by atoms with van der Waals surface area (Å²) in [6.45, 7) is 3.84. The van der Waals surface area contributed by atoms with Gasteiger partial charge < -0.3 is 14.6 Å². The molecule has 1 aromatic rings. The molecule has 0 aromatic heterocycles. The monoisotopic (exact) mass is 182 g/mol. The lowest BCUT2D eigenvalue weighted by Gasteiger charge is -2.13. The molecule has 3 nitrogen and oxygen atoms in total. The van der Waals surface area contributed by atoms with Gasteiger partial charge in [0.15, 0.2) is 11.5 Å². The molecule has 0 amide bonds. The van der Waals surface area contributed by atoms with Crippen LogP contribution in [0, 0.1) is 13.8 Å². The van der Waals surface area contributed by atoms with Crippen molar-refractivity contribution in [3.63, 3.8) is 0 Å². The van der Waals surface area contributed by atoms with Crippen LogP contribution in [-0.2, 0) is 0 Å². The van der Waals surface area contributed by atoms with Gasteiger partial charge in [0.25, 0.3) is 0 Å². The number of benzene rings is 1. The van der Waals surface area contributed by atoms with Crippen LogP contribution in [0.2, 0.25) is 0 Å². The summed E-state index contributed by atoms with van der Waals surface area (Å²) in [7, 11) is 3.07. The molecular weight excluding hydrogens is 168 g/mol. The molecule has 0 saturated heterocycles. The van der Waals surface area contributed by atoms with E-state index in [4.69, 9.17) is 9.47 Å². The van der Waals surface area contributed by atoms with Crippen molar-refractivity contribution >= 4 is 0 Å². The molecule has 0 saturated carbocycles. The van der Waals surface area contributed by atoms with Gasteiger partial charge in [-0.05, 0) is 31.0 Å². The number of phenols is 1. The molecule has 13 heavy (non-hydrogen) atoms. The molecule has 0 unspecified atom stereocenters. The molecule has 1 rings (SSSR count). The van der Waals surface area contributed by atoms with Crippen LogP contribution < -0.4 is 9.47 Å². The van der Waals surface area contributed by atoms with E-state index in [-0.39, 0.29) is 5.75 Å². The van der Waals surface area contributed by atoms with Crippen LogP contribution in [-0.4, -0.2) is 19.3 Å². The van der Waals surface area contributed by atoms with Crippen LogP contribution >= 0.6 is 0 Å².